The Balaban J connectivity index is 1.58. The number of benzene rings is 2. The highest BCUT2D eigenvalue weighted by molar-refractivity contribution is 5.98. The summed E-state index contributed by atoms with van der Waals surface area (Å²) in [6.07, 6.45) is 1.41. The first-order valence-electron chi connectivity index (χ1n) is 9.97. The van der Waals surface area contributed by atoms with Gasteiger partial charge < -0.3 is 20.1 Å². The van der Waals surface area contributed by atoms with Crippen molar-refractivity contribution in [1.82, 2.24) is 5.32 Å². The highest BCUT2D eigenvalue weighted by atomic mass is 16.5. The molecule has 1 heterocycles. The van der Waals surface area contributed by atoms with E-state index in [9.17, 15) is 9.59 Å². The lowest BCUT2D eigenvalue weighted by atomic mass is 10.1. The van der Waals surface area contributed by atoms with Crippen LogP contribution >= 0.6 is 0 Å². The quantitative estimate of drug-likeness (QED) is 0.749. The summed E-state index contributed by atoms with van der Waals surface area (Å²) < 4.78 is 11.4. The van der Waals surface area contributed by atoms with Crippen LogP contribution in [0.2, 0.25) is 0 Å². The van der Waals surface area contributed by atoms with Gasteiger partial charge in [-0.1, -0.05) is 24.3 Å². The van der Waals surface area contributed by atoms with Crippen molar-refractivity contribution in [3.8, 4) is 5.75 Å². The predicted octanol–water partition coefficient (Wildman–Crippen LogP) is 3.62. The van der Waals surface area contributed by atoms with Gasteiger partial charge in [-0.05, 0) is 62.9 Å². The second kappa shape index (κ2) is 9.56. The predicted molar refractivity (Wildman–Crippen MR) is 112 cm³/mol. The molecule has 1 fully saturated rings. The van der Waals surface area contributed by atoms with E-state index >= 15 is 0 Å². The first-order chi connectivity index (χ1) is 13.9. The Kier molecular flexibility index (Phi) is 6.88. The molecule has 0 bridgehead atoms. The minimum absolute atomic E-state index is 0.0877. The third kappa shape index (κ3) is 5.57. The molecule has 1 saturated heterocycles. The van der Waals surface area contributed by atoms with Crippen LogP contribution < -0.4 is 15.4 Å². The smallest absolute Gasteiger partial charge is 0.265 e. The summed E-state index contributed by atoms with van der Waals surface area (Å²) in [6.45, 7) is 6.86. The Morgan fingerprint density at radius 3 is 2.59 bits per heavy atom. The molecular weight excluding hydrogens is 368 g/mol. The Morgan fingerprint density at radius 1 is 1.17 bits per heavy atom. The Hall–Kier alpha value is -2.86. The van der Waals surface area contributed by atoms with Crippen LogP contribution in [0.3, 0.4) is 0 Å². The van der Waals surface area contributed by atoms with Gasteiger partial charge in [-0.25, -0.2) is 0 Å². The van der Waals surface area contributed by atoms with E-state index in [-0.39, 0.29) is 17.9 Å². The van der Waals surface area contributed by atoms with Gasteiger partial charge in [-0.15, -0.1) is 0 Å². The topological polar surface area (TPSA) is 76.7 Å². The maximum atomic E-state index is 12.6. The summed E-state index contributed by atoms with van der Waals surface area (Å²) in [5.41, 5.74) is 3.00. The molecular formula is C23H28N2O4. The summed E-state index contributed by atoms with van der Waals surface area (Å²) in [5.74, 6) is 0.262. The molecule has 29 heavy (non-hydrogen) atoms. The number of nitrogens with one attached hydrogen (secondary N) is 2. The van der Waals surface area contributed by atoms with Crippen molar-refractivity contribution >= 4 is 17.5 Å². The number of rotatable bonds is 7. The standard InChI is InChI=1S/C23H28N2O4/c1-15-7-4-8-16(2)21(15)29-17(3)22(26)25-19-10-5-9-18(13-19)23(27)24-14-20-11-6-12-28-20/h4-5,7-10,13,17,20H,6,11-12,14H2,1-3H3,(H,24,27)(H,25,26). The van der Waals surface area contributed by atoms with Gasteiger partial charge in [0, 0.05) is 24.4 Å². The van der Waals surface area contributed by atoms with E-state index in [4.69, 9.17) is 9.47 Å². The number of anilines is 1. The van der Waals surface area contributed by atoms with E-state index in [1.165, 1.54) is 0 Å². The molecule has 3 rings (SSSR count). The second-order valence-electron chi connectivity index (χ2n) is 7.40. The van der Waals surface area contributed by atoms with Crippen LogP contribution in [0.25, 0.3) is 0 Å². The van der Waals surface area contributed by atoms with Gasteiger partial charge in [0.25, 0.3) is 11.8 Å². The third-order valence-electron chi connectivity index (χ3n) is 4.98. The maximum absolute atomic E-state index is 12.6. The molecule has 2 N–H and O–H groups in total. The molecule has 0 spiro atoms. The van der Waals surface area contributed by atoms with Crippen LogP contribution in [-0.4, -0.2) is 37.2 Å². The average Bonchev–Trinajstić information content (AvgIpc) is 3.22. The van der Waals surface area contributed by atoms with Gasteiger partial charge in [-0.3, -0.25) is 9.59 Å². The molecule has 1 aliphatic heterocycles. The van der Waals surface area contributed by atoms with Crippen LogP contribution in [0, 0.1) is 13.8 Å². The van der Waals surface area contributed by atoms with Crippen molar-refractivity contribution in [3.63, 3.8) is 0 Å². The lowest BCUT2D eigenvalue weighted by Crippen LogP contribution is -2.32. The molecule has 0 radical (unpaired) electrons. The lowest BCUT2D eigenvalue weighted by molar-refractivity contribution is -0.122. The molecule has 2 amide bonds. The van der Waals surface area contributed by atoms with E-state index in [0.717, 1.165) is 36.3 Å². The number of hydrogen-bond acceptors (Lipinski definition) is 4. The molecule has 154 valence electrons. The fourth-order valence-electron chi connectivity index (χ4n) is 3.31. The monoisotopic (exact) mass is 396 g/mol. The van der Waals surface area contributed by atoms with Gasteiger partial charge in [0.1, 0.15) is 5.75 Å². The van der Waals surface area contributed by atoms with Crippen molar-refractivity contribution in [1.29, 1.82) is 0 Å². The number of para-hydroxylation sites is 1. The zero-order valence-corrected chi connectivity index (χ0v) is 17.2. The number of aryl methyl sites for hydroxylation is 2. The van der Waals surface area contributed by atoms with Gasteiger partial charge in [-0.2, -0.15) is 0 Å². The maximum Gasteiger partial charge on any atom is 0.265 e. The van der Waals surface area contributed by atoms with E-state index < -0.39 is 6.10 Å². The SMILES string of the molecule is Cc1cccc(C)c1OC(C)C(=O)Nc1cccc(C(=O)NCC2CCCO2)c1. The molecule has 2 unspecified atom stereocenters. The van der Waals surface area contributed by atoms with E-state index in [2.05, 4.69) is 10.6 Å². The lowest BCUT2D eigenvalue weighted by Gasteiger charge is -2.18. The number of amides is 2. The molecule has 0 saturated carbocycles. The highest BCUT2D eigenvalue weighted by Gasteiger charge is 2.19. The number of carbonyl (C=O) groups excluding carboxylic acids is 2. The minimum Gasteiger partial charge on any atom is -0.480 e. The van der Waals surface area contributed by atoms with Crippen LogP contribution in [0.5, 0.6) is 5.75 Å². The summed E-state index contributed by atoms with van der Waals surface area (Å²) >= 11 is 0. The number of hydrogen-bond donors (Lipinski definition) is 2. The fourth-order valence-corrected chi connectivity index (χ4v) is 3.31. The van der Waals surface area contributed by atoms with Gasteiger partial charge in [0.2, 0.25) is 0 Å². The fraction of sp³-hybridized carbons (Fsp3) is 0.391. The first-order valence-corrected chi connectivity index (χ1v) is 9.97. The van der Waals surface area contributed by atoms with Crippen LogP contribution in [-0.2, 0) is 9.53 Å². The van der Waals surface area contributed by atoms with Crippen molar-refractivity contribution in [2.75, 3.05) is 18.5 Å². The van der Waals surface area contributed by atoms with Crippen molar-refractivity contribution < 1.29 is 19.1 Å². The van der Waals surface area contributed by atoms with Gasteiger partial charge >= 0.3 is 0 Å². The highest BCUT2D eigenvalue weighted by Crippen LogP contribution is 2.24. The Labute approximate surface area is 171 Å². The van der Waals surface area contributed by atoms with Crippen LogP contribution in [0.1, 0.15) is 41.3 Å². The van der Waals surface area contributed by atoms with E-state index in [1.54, 1.807) is 31.2 Å². The van der Waals surface area contributed by atoms with Crippen molar-refractivity contribution in [3.05, 3.63) is 59.2 Å². The molecule has 2 atom stereocenters. The molecule has 1 aliphatic rings. The molecule has 2 aromatic rings. The van der Waals surface area contributed by atoms with Crippen LogP contribution in [0.15, 0.2) is 42.5 Å². The Morgan fingerprint density at radius 2 is 1.90 bits per heavy atom. The molecule has 2 aromatic carbocycles. The third-order valence-corrected chi connectivity index (χ3v) is 4.98. The van der Waals surface area contributed by atoms with Gasteiger partial charge in [0.05, 0.1) is 6.10 Å². The summed E-state index contributed by atoms with van der Waals surface area (Å²) in [5, 5.41) is 5.71. The van der Waals surface area contributed by atoms with Gasteiger partial charge in [0.15, 0.2) is 6.10 Å². The van der Waals surface area contributed by atoms with Crippen molar-refractivity contribution in [2.45, 2.75) is 45.8 Å². The zero-order chi connectivity index (χ0) is 20.8. The molecule has 6 heteroatoms. The molecule has 0 aliphatic carbocycles. The van der Waals surface area contributed by atoms with E-state index in [0.29, 0.717) is 17.8 Å². The normalized spacial score (nSPS) is 16.9. The number of carbonyl (C=O) groups is 2. The Bertz CT molecular complexity index is 855. The number of ether oxygens (including phenoxy) is 2. The second-order valence-corrected chi connectivity index (χ2v) is 7.40. The summed E-state index contributed by atoms with van der Waals surface area (Å²) in [4.78, 5) is 25.0. The summed E-state index contributed by atoms with van der Waals surface area (Å²) in [7, 11) is 0. The largest absolute Gasteiger partial charge is 0.480 e. The summed E-state index contributed by atoms with van der Waals surface area (Å²) in [6, 6.07) is 12.7. The minimum atomic E-state index is -0.674. The molecule has 6 nitrogen and oxygen atoms in total. The average molecular weight is 396 g/mol. The molecule has 0 aromatic heterocycles. The van der Waals surface area contributed by atoms with Crippen LogP contribution in [0.4, 0.5) is 5.69 Å². The first kappa shape index (κ1) is 20.9. The van der Waals surface area contributed by atoms with E-state index in [1.807, 2.05) is 32.0 Å². The zero-order valence-electron chi connectivity index (χ0n) is 17.2. The van der Waals surface area contributed by atoms with Crippen molar-refractivity contribution in [2.24, 2.45) is 0 Å².